The normalized spacial score (nSPS) is 42.2. The molecule has 2 aliphatic carbocycles. The summed E-state index contributed by atoms with van der Waals surface area (Å²) in [6.45, 7) is 1.90. The van der Waals surface area contributed by atoms with Crippen molar-refractivity contribution in [2.24, 2.45) is 17.8 Å². The summed E-state index contributed by atoms with van der Waals surface area (Å²) in [6.07, 6.45) is 4.85. The lowest BCUT2D eigenvalue weighted by molar-refractivity contribution is -0.137. The first-order valence-corrected chi connectivity index (χ1v) is 5.39. The Morgan fingerprint density at radius 3 is 2.62 bits per heavy atom. The monoisotopic (exact) mass is 180 g/mol. The zero-order valence-electron chi connectivity index (χ0n) is 7.83. The van der Waals surface area contributed by atoms with E-state index in [1.54, 1.807) is 0 Å². The molecule has 1 saturated heterocycles. The van der Waals surface area contributed by atoms with Gasteiger partial charge in [-0.2, -0.15) is 0 Å². The molecule has 0 bridgehead atoms. The van der Waals surface area contributed by atoms with Crippen molar-refractivity contribution in [3.63, 3.8) is 0 Å². The number of hydrogen-bond donors (Lipinski definition) is 1. The molecule has 3 heteroatoms. The third kappa shape index (κ3) is 1.26. The zero-order chi connectivity index (χ0) is 8.84. The molecule has 0 aromatic rings. The van der Waals surface area contributed by atoms with Crippen LogP contribution in [0.2, 0.25) is 0 Å². The number of carbonyl (C=O) groups excluding carboxylic acids is 1. The van der Waals surface area contributed by atoms with E-state index in [1.807, 2.05) is 5.01 Å². The van der Waals surface area contributed by atoms with E-state index in [9.17, 15) is 4.79 Å². The fourth-order valence-corrected chi connectivity index (χ4v) is 2.86. The van der Waals surface area contributed by atoms with Crippen molar-refractivity contribution in [2.75, 3.05) is 13.1 Å². The number of nitrogens with zero attached hydrogens (tertiary/aromatic N) is 1. The Labute approximate surface area is 78.4 Å². The lowest BCUT2D eigenvalue weighted by Gasteiger charge is -2.20. The van der Waals surface area contributed by atoms with E-state index in [1.165, 1.54) is 19.3 Å². The van der Waals surface area contributed by atoms with E-state index < -0.39 is 0 Å². The lowest BCUT2D eigenvalue weighted by atomic mass is 10.0. The average molecular weight is 180 g/mol. The Kier molecular flexibility index (Phi) is 1.62. The summed E-state index contributed by atoms with van der Waals surface area (Å²) < 4.78 is 0. The fourth-order valence-electron chi connectivity index (χ4n) is 2.86. The van der Waals surface area contributed by atoms with Gasteiger partial charge in [0.15, 0.2) is 0 Å². The molecule has 1 heterocycles. The largest absolute Gasteiger partial charge is 0.278 e. The summed E-state index contributed by atoms with van der Waals surface area (Å²) in [5.74, 6) is 2.55. The summed E-state index contributed by atoms with van der Waals surface area (Å²) in [6, 6.07) is 0. The van der Waals surface area contributed by atoms with Gasteiger partial charge in [0.05, 0.1) is 0 Å². The molecule has 3 aliphatic rings. The van der Waals surface area contributed by atoms with Gasteiger partial charge in [-0.25, -0.2) is 5.43 Å². The molecule has 1 N–H and O–H groups in total. The molecule has 2 saturated carbocycles. The van der Waals surface area contributed by atoms with Gasteiger partial charge in [-0.05, 0) is 37.5 Å². The van der Waals surface area contributed by atoms with E-state index in [0.717, 1.165) is 31.3 Å². The second-order valence-electron chi connectivity index (χ2n) is 4.68. The molecule has 0 radical (unpaired) electrons. The smallest absolute Gasteiger partial charge is 0.239 e. The molecule has 3 nitrogen and oxygen atoms in total. The van der Waals surface area contributed by atoms with Crippen LogP contribution in [0, 0.1) is 17.8 Å². The van der Waals surface area contributed by atoms with Crippen molar-refractivity contribution < 1.29 is 4.79 Å². The molecule has 0 spiro atoms. The van der Waals surface area contributed by atoms with Crippen LogP contribution in [0.4, 0.5) is 0 Å². The van der Waals surface area contributed by atoms with Crippen LogP contribution in [0.3, 0.4) is 0 Å². The van der Waals surface area contributed by atoms with Gasteiger partial charge in [0, 0.05) is 19.0 Å². The molecule has 72 valence electrons. The third-order valence-corrected chi connectivity index (χ3v) is 3.72. The zero-order valence-corrected chi connectivity index (χ0v) is 7.83. The van der Waals surface area contributed by atoms with Gasteiger partial charge in [-0.1, -0.05) is 0 Å². The molecule has 2 atom stereocenters. The molecule has 13 heavy (non-hydrogen) atoms. The van der Waals surface area contributed by atoms with E-state index in [-0.39, 0.29) is 0 Å². The second kappa shape index (κ2) is 2.71. The van der Waals surface area contributed by atoms with Gasteiger partial charge in [0.25, 0.3) is 0 Å². The van der Waals surface area contributed by atoms with Gasteiger partial charge >= 0.3 is 0 Å². The second-order valence-corrected chi connectivity index (χ2v) is 4.68. The number of hydrazine groups is 1. The van der Waals surface area contributed by atoms with E-state index in [4.69, 9.17) is 0 Å². The predicted octanol–water partition coefficient (Wildman–Crippen LogP) is 0.769. The minimum atomic E-state index is 0.356. The maximum absolute atomic E-state index is 11.9. The van der Waals surface area contributed by atoms with Crippen LogP contribution < -0.4 is 5.43 Å². The van der Waals surface area contributed by atoms with Crippen molar-refractivity contribution in [3.05, 3.63) is 0 Å². The average Bonchev–Trinajstić information content (AvgIpc) is 2.63. The minimum absolute atomic E-state index is 0.356. The standard InChI is InChI=1S/C10H16N2O/c13-10(12-3-1-2-11-12)9-5-7-4-8(7)6-9/h7-9,11H,1-6H2. The maximum atomic E-state index is 11.9. The van der Waals surface area contributed by atoms with Crippen molar-refractivity contribution in [2.45, 2.75) is 25.7 Å². The summed E-state index contributed by atoms with van der Waals surface area (Å²) in [5, 5.41) is 1.84. The van der Waals surface area contributed by atoms with Gasteiger partial charge in [-0.3, -0.25) is 9.80 Å². The Balaban J connectivity index is 1.61. The highest BCUT2D eigenvalue weighted by Crippen LogP contribution is 2.54. The molecule has 1 aliphatic heterocycles. The van der Waals surface area contributed by atoms with Crippen LogP contribution in [0.1, 0.15) is 25.7 Å². The molecule has 1 amide bonds. The van der Waals surface area contributed by atoms with Crippen LogP contribution in [0.5, 0.6) is 0 Å². The SMILES string of the molecule is O=C(C1CC2CC2C1)N1CCCN1. The fraction of sp³-hybridized carbons (Fsp3) is 0.900. The maximum Gasteiger partial charge on any atom is 0.239 e. The first-order valence-electron chi connectivity index (χ1n) is 5.39. The molecule has 0 aromatic heterocycles. The Hall–Kier alpha value is -0.570. The predicted molar refractivity (Wildman–Crippen MR) is 48.7 cm³/mol. The molecule has 2 unspecified atom stereocenters. The topological polar surface area (TPSA) is 32.3 Å². The number of nitrogens with one attached hydrogen (secondary N) is 1. The number of fused-ring (bicyclic) bond motifs is 1. The van der Waals surface area contributed by atoms with E-state index >= 15 is 0 Å². The number of rotatable bonds is 1. The summed E-state index contributed by atoms with van der Waals surface area (Å²) in [5.41, 5.74) is 3.15. The van der Waals surface area contributed by atoms with Crippen LogP contribution in [0.15, 0.2) is 0 Å². The molecule has 3 fully saturated rings. The summed E-state index contributed by atoms with van der Waals surface area (Å²) >= 11 is 0. The minimum Gasteiger partial charge on any atom is -0.278 e. The summed E-state index contributed by atoms with van der Waals surface area (Å²) in [4.78, 5) is 11.9. The van der Waals surface area contributed by atoms with Crippen molar-refractivity contribution in [1.29, 1.82) is 0 Å². The number of carbonyl (C=O) groups is 1. The Morgan fingerprint density at radius 2 is 2.00 bits per heavy atom. The van der Waals surface area contributed by atoms with Crippen molar-refractivity contribution >= 4 is 5.91 Å². The molecular formula is C10H16N2O. The van der Waals surface area contributed by atoms with Crippen molar-refractivity contribution in [3.8, 4) is 0 Å². The van der Waals surface area contributed by atoms with Gasteiger partial charge in [0.1, 0.15) is 0 Å². The van der Waals surface area contributed by atoms with Gasteiger partial charge in [0.2, 0.25) is 5.91 Å². The Morgan fingerprint density at radius 1 is 1.23 bits per heavy atom. The summed E-state index contributed by atoms with van der Waals surface area (Å²) in [7, 11) is 0. The van der Waals surface area contributed by atoms with Gasteiger partial charge in [-0.15, -0.1) is 0 Å². The van der Waals surface area contributed by atoms with Crippen LogP contribution in [-0.4, -0.2) is 24.0 Å². The highest BCUT2D eigenvalue weighted by molar-refractivity contribution is 5.79. The first kappa shape index (κ1) is 7.80. The molecule has 3 rings (SSSR count). The van der Waals surface area contributed by atoms with Crippen LogP contribution in [-0.2, 0) is 4.79 Å². The van der Waals surface area contributed by atoms with E-state index in [0.29, 0.717) is 11.8 Å². The highest BCUT2D eigenvalue weighted by Gasteiger charge is 2.48. The van der Waals surface area contributed by atoms with E-state index in [2.05, 4.69) is 5.43 Å². The highest BCUT2D eigenvalue weighted by atomic mass is 16.2. The van der Waals surface area contributed by atoms with Crippen LogP contribution in [0.25, 0.3) is 0 Å². The first-order chi connectivity index (χ1) is 6.34. The molecular weight excluding hydrogens is 164 g/mol. The lowest BCUT2D eigenvalue weighted by Crippen LogP contribution is -2.40. The number of hydrogen-bond acceptors (Lipinski definition) is 2. The van der Waals surface area contributed by atoms with Crippen LogP contribution >= 0.6 is 0 Å². The molecule has 0 aromatic carbocycles. The van der Waals surface area contributed by atoms with Crippen molar-refractivity contribution in [1.82, 2.24) is 10.4 Å². The quantitative estimate of drug-likeness (QED) is 0.646. The Bertz CT molecular complexity index is 225. The number of amides is 1. The van der Waals surface area contributed by atoms with Gasteiger partial charge < -0.3 is 0 Å². The third-order valence-electron chi connectivity index (χ3n) is 3.72.